The summed E-state index contributed by atoms with van der Waals surface area (Å²) in [5.74, 6) is 0. The van der Waals surface area contributed by atoms with Crippen LogP contribution < -0.4 is 4.90 Å². The molecule has 2 aliphatic carbocycles. The second-order valence-corrected chi connectivity index (χ2v) is 9.49. The first-order chi connectivity index (χ1) is 15.0. The van der Waals surface area contributed by atoms with Crippen LogP contribution in [0.2, 0.25) is 0 Å². The molecule has 0 aliphatic heterocycles. The van der Waals surface area contributed by atoms with E-state index in [4.69, 9.17) is 0 Å². The van der Waals surface area contributed by atoms with Gasteiger partial charge >= 0.3 is 0 Å². The van der Waals surface area contributed by atoms with Crippen molar-refractivity contribution in [1.29, 1.82) is 0 Å². The fourth-order valence-electron chi connectivity index (χ4n) is 5.40. The molecule has 156 valence electrons. The van der Waals surface area contributed by atoms with Gasteiger partial charge in [-0.2, -0.15) is 0 Å². The second kappa shape index (κ2) is 7.57. The summed E-state index contributed by atoms with van der Waals surface area (Å²) < 4.78 is 0. The summed E-state index contributed by atoms with van der Waals surface area (Å²) >= 11 is 0. The molecule has 3 aromatic carbocycles. The molecule has 0 N–H and O–H groups in total. The lowest BCUT2D eigenvalue weighted by molar-refractivity contribution is 0.642. The minimum atomic E-state index is 0.0487. The van der Waals surface area contributed by atoms with Crippen LogP contribution in [0.15, 0.2) is 96.2 Å². The van der Waals surface area contributed by atoms with Crippen LogP contribution in [-0.4, -0.2) is 0 Å². The highest BCUT2D eigenvalue weighted by Crippen LogP contribution is 2.51. The molecule has 0 spiro atoms. The third-order valence-corrected chi connectivity index (χ3v) is 7.16. The number of para-hydroxylation sites is 1. The van der Waals surface area contributed by atoms with E-state index in [1.54, 1.807) is 5.57 Å². The van der Waals surface area contributed by atoms with Gasteiger partial charge in [0.2, 0.25) is 0 Å². The maximum atomic E-state index is 2.55. The number of allylic oxidation sites excluding steroid dienone is 4. The highest BCUT2D eigenvalue weighted by molar-refractivity contribution is 5.84. The molecule has 0 amide bonds. The molecular weight excluding hydrogens is 374 g/mol. The molecular formula is C30H31N. The molecule has 1 heteroatoms. The third-order valence-electron chi connectivity index (χ3n) is 7.16. The summed E-state index contributed by atoms with van der Waals surface area (Å²) in [5, 5.41) is 0. The van der Waals surface area contributed by atoms with Crippen molar-refractivity contribution in [2.24, 2.45) is 0 Å². The van der Waals surface area contributed by atoms with Crippen LogP contribution in [0.25, 0.3) is 5.57 Å². The van der Waals surface area contributed by atoms with Gasteiger partial charge in [0.1, 0.15) is 0 Å². The van der Waals surface area contributed by atoms with E-state index in [0.717, 1.165) is 12.8 Å². The van der Waals surface area contributed by atoms with Crippen LogP contribution in [0.4, 0.5) is 5.69 Å². The van der Waals surface area contributed by atoms with E-state index >= 15 is 0 Å². The normalized spacial score (nSPS) is 17.6. The standard InChI is InChI=1S/C30H31N/c1-21-14-16-23(17-15-21)22(2)31(24-10-6-5-7-11-24)25-18-19-27-26-12-8-9-13-28(26)30(3,4)29(27)20-25/h5-17,20,22H,18-19H2,1-4H3. The van der Waals surface area contributed by atoms with Crippen LogP contribution in [0.5, 0.6) is 0 Å². The molecule has 2 aliphatic rings. The van der Waals surface area contributed by atoms with Crippen molar-refractivity contribution >= 4 is 11.3 Å². The number of anilines is 1. The summed E-state index contributed by atoms with van der Waals surface area (Å²) in [7, 11) is 0. The minimum Gasteiger partial charge on any atom is -0.338 e. The second-order valence-electron chi connectivity index (χ2n) is 9.49. The zero-order chi connectivity index (χ0) is 21.6. The van der Waals surface area contributed by atoms with E-state index < -0.39 is 0 Å². The zero-order valence-electron chi connectivity index (χ0n) is 19.0. The maximum Gasteiger partial charge on any atom is 0.0560 e. The molecule has 0 saturated heterocycles. The van der Waals surface area contributed by atoms with E-state index in [9.17, 15) is 0 Å². The van der Waals surface area contributed by atoms with E-state index in [0.29, 0.717) is 0 Å². The predicted molar refractivity (Wildman–Crippen MR) is 132 cm³/mol. The van der Waals surface area contributed by atoms with E-state index in [1.807, 2.05) is 0 Å². The van der Waals surface area contributed by atoms with E-state index in [1.165, 1.54) is 39.2 Å². The van der Waals surface area contributed by atoms with Gasteiger partial charge in [-0.15, -0.1) is 0 Å². The first-order valence-corrected chi connectivity index (χ1v) is 11.4. The monoisotopic (exact) mass is 405 g/mol. The van der Waals surface area contributed by atoms with E-state index in [2.05, 4.69) is 118 Å². The van der Waals surface area contributed by atoms with Crippen molar-refractivity contribution in [3.05, 3.63) is 118 Å². The Morgan fingerprint density at radius 1 is 0.806 bits per heavy atom. The van der Waals surface area contributed by atoms with Gasteiger partial charge in [0, 0.05) is 16.8 Å². The van der Waals surface area contributed by atoms with E-state index in [-0.39, 0.29) is 11.5 Å². The highest BCUT2D eigenvalue weighted by atomic mass is 15.2. The van der Waals surface area contributed by atoms with Gasteiger partial charge in [-0.1, -0.05) is 86.1 Å². The number of nitrogens with zero attached hydrogens (tertiary/aromatic N) is 1. The molecule has 0 aromatic heterocycles. The van der Waals surface area contributed by atoms with Crippen LogP contribution in [0.1, 0.15) is 61.9 Å². The van der Waals surface area contributed by atoms with Crippen molar-refractivity contribution in [2.45, 2.75) is 52.0 Å². The Morgan fingerprint density at radius 3 is 2.23 bits per heavy atom. The average Bonchev–Trinajstić information content (AvgIpc) is 3.02. The lowest BCUT2D eigenvalue weighted by Crippen LogP contribution is -2.28. The molecule has 31 heavy (non-hydrogen) atoms. The SMILES string of the molecule is Cc1ccc(C(C)N(C2=CC3=C(CC2)c2ccccc2C3(C)C)c2ccccc2)cc1. The Kier molecular flexibility index (Phi) is 4.85. The number of aryl methyl sites for hydroxylation is 1. The first-order valence-electron chi connectivity index (χ1n) is 11.4. The van der Waals surface area contributed by atoms with Crippen LogP contribution in [0.3, 0.4) is 0 Å². The molecule has 3 aromatic rings. The van der Waals surface area contributed by atoms with Gasteiger partial charge < -0.3 is 4.90 Å². The molecule has 0 bridgehead atoms. The van der Waals surface area contributed by atoms with Gasteiger partial charge in [-0.25, -0.2) is 0 Å². The lowest BCUT2D eigenvalue weighted by atomic mass is 9.79. The zero-order valence-corrected chi connectivity index (χ0v) is 19.0. The number of fused-ring (bicyclic) bond motifs is 2. The van der Waals surface area contributed by atoms with Crippen LogP contribution in [0, 0.1) is 6.92 Å². The summed E-state index contributed by atoms with van der Waals surface area (Å²) in [5.41, 5.74) is 11.3. The van der Waals surface area contributed by atoms with Gasteiger partial charge in [-0.3, -0.25) is 0 Å². The molecule has 0 heterocycles. The number of rotatable bonds is 4. The topological polar surface area (TPSA) is 3.24 Å². The Morgan fingerprint density at radius 2 is 1.48 bits per heavy atom. The van der Waals surface area contributed by atoms with Gasteiger partial charge in [0.25, 0.3) is 0 Å². The van der Waals surface area contributed by atoms with Crippen LogP contribution >= 0.6 is 0 Å². The van der Waals surface area contributed by atoms with Gasteiger partial charge in [0.15, 0.2) is 0 Å². The largest absolute Gasteiger partial charge is 0.338 e. The lowest BCUT2D eigenvalue weighted by Gasteiger charge is -2.37. The highest BCUT2D eigenvalue weighted by Gasteiger charge is 2.38. The summed E-state index contributed by atoms with van der Waals surface area (Å²) in [4.78, 5) is 2.55. The predicted octanol–water partition coefficient (Wildman–Crippen LogP) is 7.99. The van der Waals surface area contributed by atoms with Crippen molar-refractivity contribution in [3.8, 4) is 0 Å². The van der Waals surface area contributed by atoms with Crippen molar-refractivity contribution in [1.82, 2.24) is 0 Å². The average molecular weight is 406 g/mol. The fourth-order valence-corrected chi connectivity index (χ4v) is 5.40. The number of hydrogen-bond acceptors (Lipinski definition) is 1. The Bertz CT molecular complexity index is 1160. The Hall–Kier alpha value is -3.06. The third kappa shape index (κ3) is 3.33. The summed E-state index contributed by atoms with van der Waals surface area (Å²) in [6.07, 6.45) is 4.66. The minimum absolute atomic E-state index is 0.0487. The van der Waals surface area contributed by atoms with Crippen LogP contribution in [-0.2, 0) is 5.41 Å². The number of hydrogen-bond donors (Lipinski definition) is 0. The van der Waals surface area contributed by atoms with Crippen molar-refractivity contribution in [2.75, 3.05) is 4.90 Å². The van der Waals surface area contributed by atoms with Crippen molar-refractivity contribution in [3.63, 3.8) is 0 Å². The summed E-state index contributed by atoms with van der Waals surface area (Å²) in [6.45, 7) is 9.24. The summed E-state index contributed by atoms with van der Waals surface area (Å²) in [6, 6.07) is 29.1. The molecule has 1 unspecified atom stereocenters. The Labute approximate surface area is 186 Å². The maximum absolute atomic E-state index is 2.55. The molecule has 5 rings (SSSR count). The molecule has 0 fully saturated rings. The number of benzene rings is 3. The fraction of sp³-hybridized carbons (Fsp3) is 0.267. The molecule has 0 radical (unpaired) electrons. The molecule has 0 saturated carbocycles. The first kappa shape index (κ1) is 19.9. The quantitative estimate of drug-likeness (QED) is 0.425. The molecule has 1 atom stereocenters. The van der Waals surface area contributed by atoms with Gasteiger partial charge in [-0.05, 0) is 72.7 Å². The smallest absolute Gasteiger partial charge is 0.0560 e. The van der Waals surface area contributed by atoms with Gasteiger partial charge in [0.05, 0.1) is 6.04 Å². The van der Waals surface area contributed by atoms with Crippen molar-refractivity contribution < 1.29 is 0 Å². The molecule has 1 nitrogen and oxygen atoms in total. The Balaban J connectivity index is 1.61.